The first-order valence-electron chi connectivity index (χ1n) is 11.5. The Hall–Kier alpha value is -3.51. The number of ketones is 1. The van der Waals surface area contributed by atoms with Gasteiger partial charge in [-0.05, 0) is 18.6 Å². The summed E-state index contributed by atoms with van der Waals surface area (Å²) in [7, 11) is 0. The lowest BCUT2D eigenvalue weighted by Crippen LogP contribution is -2.46. The number of carbonyl (C=O) groups excluding carboxylic acids is 3. The van der Waals surface area contributed by atoms with Gasteiger partial charge in [-0.3, -0.25) is 14.7 Å². The summed E-state index contributed by atoms with van der Waals surface area (Å²) in [6.07, 6.45) is 1.12. The molecule has 37 heavy (non-hydrogen) atoms. The van der Waals surface area contributed by atoms with E-state index < -0.39 is 35.3 Å². The number of ether oxygens (including phenoxy) is 1. The fourth-order valence-electron chi connectivity index (χ4n) is 3.27. The van der Waals surface area contributed by atoms with Crippen LogP contribution in [0.5, 0.6) is 0 Å². The van der Waals surface area contributed by atoms with Gasteiger partial charge in [0, 0.05) is 17.0 Å². The van der Waals surface area contributed by atoms with Gasteiger partial charge in [0.25, 0.3) is 11.8 Å². The number of aromatic nitrogens is 5. The van der Waals surface area contributed by atoms with Crippen LogP contribution in [0.1, 0.15) is 59.0 Å². The predicted molar refractivity (Wildman–Crippen MR) is 135 cm³/mol. The molecular formula is C23H27Cl2N7O5. The molecule has 0 aliphatic heterocycles. The topological polar surface area (TPSA) is 165 Å². The Kier molecular flexibility index (Phi) is 9.22. The Bertz CT molecular complexity index is 1220. The summed E-state index contributed by atoms with van der Waals surface area (Å²) in [4.78, 5) is 42.0. The molecule has 12 nitrogen and oxygen atoms in total. The quantitative estimate of drug-likeness (QED) is 0.238. The maximum Gasteiger partial charge on any atom is 0.408 e. The van der Waals surface area contributed by atoms with Gasteiger partial charge < -0.3 is 19.8 Å². The van der Waals surface area contributed by atoms with E-state index in [4.69, 9.17) is 32.4 Å². The zero-order chi connectivity index (χ0) is 27.2. The fourth-order valence-corrected chi connectivity index (χ4v) is 3.73. The Morgan fingerprint density at radius 2 is 1.86 bits per heavy atom. The molecule has 0 aliphatic rings. The van der Waals surface area contributed by atoms with Crippen LogP contribution in [0.2, 0.25) is 10.3 Å². The first-order chi connectivity index (χ1) is 17.5. The molecular weight excluding hydrogens is 525 g/mol. The van der Waals surface area contributed by atoms with Crippen molar-refractivity contribution in [2.24, 2.45) is 5.41 Å². The molecule has 0 radical (unpaired) electrons. The van der Waals surface area contributed by atoms with E-state index in [2.05, 4.69) is 36.0 Å². The maximum absolute atomic E-state index is 12.9. The summed E-state index contributed by atoms with van der Waals surface area (Å²) in [5, 5.41) is 19.5. The van der Waals surface area contributed by atoms with Crippen LogP contribution in [0.3, 0.4) is 0 Å². The minimum absolute atomic E-state index is 0.0233. The van der Waals surface area contributed by atoms with Crippen LogP contribution in [0.15, 0.2) is 28.8 Å². The van der Waals surface area contributed by atoms with E-state index in [9.17, 15) is 14.4 Å². The second-order valence-corrected chi connectivity index (χ2v) is 10.0. The molecule has 0 aromatic carbocycles. The van der Waals surface area contributed by atoms with Gasteiger partial charge in [-0.15, -0.1) is 10.2 Å². The molecule has 0 saturated carbocycles. The Balaban J connectivity index is 1.75. The highest BCUT2D eigenvalue weighted by atomic mass is 35.5. The van der Waals surface area contributed by atoms with Crippen molar-refractivity contribution >= 4 is 46.8 Å². The first-order valence-corrected chi connectivity index (χ1v) is 12.2. The lowest BCUT2D eigenvalue weighted by atomic mass is 9.89. The van der Waals surface area contributed by atoms with Crippen molar-refractivity contribution in [3.05, 3.63) is 40.6 Å². The average Bonchev–Trinajstić information content (AvgIpc) is 3.50. The third kappa shape index (κ3) is 7.73. The van der Waals surface area contributed by atoms with Crippen molar-refractivity contribution in [3.63, 3.8) is 0 Å². The smallest absolute Gasteiger partial charge is 0.408 e. The molecule has 2 amide bonds. The molecule has 14 heteroatoms. The van der Waals surface area contributed by atoms with E-state index in [0.29, 0.717) is 12.0 Å². The number of halogens is 2. The van der Waals surface area contributed by atoms with E-state index in [1.165, 1.54) is 24.4 Å². The summed E-state index contributed by atoms with van der Waals surface area (Å²) in [6.45, 7) is 7.36. The van der Waals surface area contributed by atoms with Gasteiger partial charge in [-0.25, -0.2) is 9.78 Å². The minimum atomic E-state index is -1.10. The van der Waals surface area contributed by atoms with Crippen LogP contribution < -0.4 is 10.6 Å². The van der Waals surface area contributed by atoms with Crippen molar-refractivity contribution in [2.75, 3.05) is 5.32 Å². The van der Waals surface area contributed by atoms with Crippen LogP contribution in [-0.4, -0.2) is 49.2 Å². The standard InChI is InChI=1S/C23H27Cl2N7O5/c1-5-6-7-13(17(33)19(34)29-16-8-9-26-30-16)27-22(35)36-18(23(2,3)4)21-32-31-20(37-21)12-10-14(24)28-15(25)11-12/h8-11,13,18H,5-7H2,1-4H3,(H,27,35)(H2,26,29,30,34)/t13-,18+/m0/s1. The number of carbonyl (C=O) groups is 3. The number of rotatable bonds is 10. The third-order valence-corrected chi connectivity index (χ3v) is 5.50. The van der Waals surface area contributed by atoms with Crippen molar-refractivity contribution in [3.8, 4) is 11.5 Å². The number of hydrogen-bond acceptors (Lipinski definition) is 9. The minimum Gasteiger partial charge on any atom is -0.436 e. The third-order valence-electron chi connectivity index (χ3n) is 5.11. The lowest BCUT2D eigenvalue weighted by Gasteiger charge is -2.28. The molecule has 3 aromatic rings. The SMILES string of the molecule is CCCC[C@H](NC(=O)O[C@H](c1nnc(-c2cc(Cl)nc(Cl)c2)o1)C(C)(C)C)C(=O)C(=O)Nc1ccn[nH]1. The summed E-state index contributed by atoms with van der Waals surface area (Å²) in [5.74, 6) is -1.33. The summed E-state index contributed by atoms with van der Waals surface area (Å²) in [6, 6.07) is 3.40. The molecule has 0 unspecified atom stereocenters. The highest BCUT2D eigenvalue weighted by Crippen LogP contribution is 2.37. The molecule has 3 aromatic heterocycles. The van der Waals surface area contributed by atoms with Crippen LogP contribution in [0, 0.1) is 5.41 Å². The van der Waals surface area contributed by atoms with Gasteiger partial charge in [0.05, 0.1) is 6.20 Å². The summed E-state index contributed by atoms with van der Waals surface area (Å²) in [5.41, 5.74) is -0.232. The number of aromatic amines is 1. The number of pyridine rings is 1. The van der Waals surface area contributed by atoms with Crippen molar-refractivity contribution in [2.45, 2.75) is 59.1 Å². The number of unbranched alkanes of at least 4 members (excludes halogenated alkanes) is 1. The highest BCUT2D eigenvalue weighted by molar-refractivity contribution is 6.42. The van der Waals surface area contributed by atoms with Crippen LogP contribution in [-0.2, 0) is 14.3 Å². The van der Waals surface area contributed by atoms with Gasteiger partial charge in [0.2, 0.25) is 11.7 Å². The monoisotopic (exact) mass is 551 g/mol. The number of amides is 2. The molecule has 3 N–H and O–H groups in total. The zero-order valence-electron chi connectivity index (χ0n) is 20.7. The number of hydrogen-bond donors (Lipinski definition) is 3. The Labute approximate surface area is 222 Å². The predicted octanol–water partition coefficient (Wildman–Crippen LogP) is 4.74. The number of alkyl carbamates (subject to hydrolysis) is 1. The Morgan fingerprint density at radius 1 is 1.16 bits per heavy atom. The maximum atomic E-state index is 12.9. The largest absolute Gasteiger partial charge is 0.436 e. The highest BCUT2D eigenvalue weighted by Gasteiger charge is 2.36. The molecule has 0 bridgehead atoms. The van der Waals surface area contributed by atoms with Crippen LogP contribution >= 0.6 is 23.2 Å². The normalized spacial score (nSPS) is 13.0. The fraction of sp³-hybridized carbons (Fsp3) is 0.435. The van der Waals surface area contributed by atoms with Gasteiger partial charge in [-0.1, -0.05) is 63.7 Å². The van der Waals surface area contributed by atoms with E-state index in [1.807, 2.05) is 27.7 Å². The summed E-state index contributed by atoms with van der Waals surface area (Å²) < 4.78 is 11.4. The first kappa shape index (κ1) is 28.1. The zero-order valence-corrected chi connectivity index (χ0v) is 22.2. The van der Waals surface area contributed by atoms with Crippen molar-refractivity contribution < 1.29 is 23.5 Å². The van der Waals surface area contributed by atoms with Crippen molar-refractivity contribution in [1.29, 1.82) is 0 Å². The van der Waals surface area contributed by atoms with E-state index in [0.717, 1.165) is 6.42 Å². The summed E-state index contributed by atoms with van der Waals surface area (Å²) >= 11 is 11.9. The van der Waals surface area contributed by atoms with Crippen LogP contribution in [0.25, 0.3) is 11.5 Å². The second kappa shape index (κ2) is 12.2. The number of anilines is 1. The average molecular weight is 552 g/mol. The van der Waals surface area contributed by atoms with Crippen LogP contribution in [0.4, 0.5) is 10.6 Å². The molecule has 198 valence electrons. The molecule has 0 saturated heterocycles. The van der Waals surface area contributed by atoms with E-state index in [-0.39, 0.29) is 34.3 Å². The molecule has 3 heterocycles. The van der Waals surface area contributed by atoms with Gasteiger partial charge in [0.1, 0.15) is 22.2 Å². The van der Waals surface area contributed by atoms with Gasteiger partial charge >= 0.3 is 6.09 Å². The van der Waals surface area contributed by atoms with Crippen molar-refractivity contribution in [1.82, 2.24) is 30.7 Å². The lowest BCUT2D eigenvalue weighted by molar-refractivity contribution is -0.136. The molecule has 0 aliphatic carbocycles. The molecule has 0 fully saturated rings. The number of nitrogens with one attached hydrogen (secondary N) is 3. The Morgan fingerprint density at radius 3 is 2.46 bits per heavy atom. The number of nitrogens with zero attached hydrogens (tertiary/aromatic N) is 4. The number of H-pyrrole nitrogens is 1. The van der Waals surface area contributed by atoms with Gasteiger partial charge in [0.15, 0.2) is 6.10 Å². The molecule has 0 spiro atoms. The number of Topliss-reactive ketones (excluding diaryl/α,β-unsaturated/α-hetero) is 1. The van der Waals surface area contributed by atoms with Gasteiger partial charge in [-0.2, -0.15) is 5.10 Å². The van der Waals surface area contributed by atoms with E-state index in [1.54, 1.807) is 0 Å². The molecule has 2 atom stereocenters. The van der Waals surface area contributed by atoms with E-state index >= 15 is 0 Å². The molecule has 3 rings (SSSR count). The second-order valence-electron chi connectivity index (χ2n) is 9.23.